The summed E-state index contributed by atoms with van der Waals surface area (Å²) >= 11 is 0. The molecule has 0 fully saturated rings. The van der Waals surface area contributed by atoms with E-state index in [4.69, 9.17) is 9.47 Å². The molecule has 0 unspecified atom stereocenters. The molecular formula is C21H23N5O2. The number of nitrogens with zero attached hydrogens (tertiary/aromatic N) is 4. The molecule has 0 saturated heterocycles. The number of nitrogens with one attached hydrogen (secondary N) is 1. The predicted molar refractivity (Wildman–Crippen MR) is 109 cm³/mol. The van der Waals surface area contributed by atoms with Crippen LogP contribution in [0.5, 0.6) is 5.75 Å². The second-order valence-corrected chi connectivity index (χ2v) is 6.82. The van der Waals surface area contributed by atoms with Crippen molar-refractivity contribution in [2.45, 2.75) is 33.1 Å². The summed E-state index contributed by atoms with van der Waals surface area (Å²) in [6.45, 7) is 5.05. The smallest absolute Gasteiger partial charge is 0.254 e. The largest absolute Gasteiger partial charge is 0.491 e. The average molecular weight is 377 g/mol. The molecule has 2 aromatic carbocycles. The molecular weight excluding hydrogens is 354 g/mol. The summed E-state index contributed by atoms with van der Waals surface area (Å²) in [5.74, 6) is 2.22. The number of hydrogen-bond acceptors (Lipinski definition) is 6. The number of fused-ring (bicyclic) bond motifs is 2. The minimum atomic E-state index is 0.0937. The topological polar surface area (TPSA) is 73.6 Å². The van der Waals surface area contributed by atoms with Crippen molar-refractivity contribution >= 4 is 22.4 Å². The third-order valence-corrected chi connectivity index (χ3v) is 4.40. The van der Waals surface area contributed by atoms with Crippen molar-refractivity contribution in [2.75, 3.05) is 12.4 Å². The maximum Gasteiger partial charge on any atom is 0.254 e. The van der Waals surface area contributed by atoms with Gasteiger partial charge in [0.25, 0.3) is 5.78 Å². The Morgan fingerprint density at radius 2 is 2.00 bits per heavy atom. The van der Waals surface area contributed by atoms with Gasteiger partial charge in [0.05, 0.1) is 18.4 Å². The zero-order valence-corrected chi connectivity index (χ0v) is 16.2. The van der Waals surface area contributed by atoms with Crippen molar-refractivity contribution in [3.63, 3.8) is 0 Å². The third-order valence-electron chi connectivity index (χ3n) is 4.40. The van der Waals surface area contributed by atoms with Gasteiger partial charge >= 0.3 is 0 Å². The van der Waals surface area contributed by atoms with Crippen LogP contribution in [0.4, 0.5) is 5.82 Å². The Morgan fingerprint density at radius 1 is 1.14 bits per heavy atom. The molecule has 0 aliphatic heterocycles. The van der Waals surface area contributed by atoms with E-state index in [2.05, 4.69) is 38.6 Å². The molecule has 144 valence electrons. The van der Waals surface area contributed by atoms with Crippen molar-refractivity contribution in [2.24, 2.45) is 0 Å². The van der Waals surface area contributed by atoms with Crippen LogP contribution in [0.25, 0.3) is 16.6 Å². The number of hydrogen-bond donors (Lipinski definition) is 1. The standard InChI is InChI=1S/C21H23N5O2/c1-14(2)28-19-9-8-15-6-4-5-7-17(15)18(19)11-22-20-10-16(12-27-3)25-21-23-13-24-26(20)21/h4-10,13-14,22H,11-12H2,1-3H3. The summed E-state index contributed by atoms with van der Waals surface area (Å²) < 4.78 is 13.0. The second-order valence-electron chi connectivity index (χ2n) is 6.82. The molecule has 0 radical (unpaired) electrons. The number of aromatic nitrogens is 4. The van der Waals surface area contributed by atoms with E-state index in [0.717, 1.165) is 28.2 Å². The summed E-state index contributed by atoms with van der Waals surface area (Å²) in [6.07, 6.45) is 1.59. The van der Waals surface area contributed by atoms with Crippen LogP contribution in [0.15, 0.2) is 48.8 Å². The van der Waals surface area contributed by atoms with E-state index >= 15 is 0 Å². The highest BCUT2D eigenvalue weighted by atomic mass is 16.5. The van der Waals surface area contributed by atoms with E-state index in [0.29, 0.717) is 18.9 Å². The van der Waals surface area contributed by atoms with Crippen LogP contribution in [0.1, 0.15) is 25.1 Å². The van der Waals surface area contributed by atoms with Gasteiger partial charge in [0.2, 0.25) is 0 Å². The van der Waals surface area contributed by atoms with Crippen molar-refractivity contribution < 1.29 is 9.47 Å². The molecule has 0 atom stereocenters. The lowest BCUT2D eigenvalue weighted by molar-refractivity contribution is 0.181. The molecule has 7 nitrogen and oxygen atoms in total. The van der Waals surface area contributed by atoms with E-state index in [-0.39, 0.29) is 6.10 Å². The third kappa shape index (κ3) is 3.61. The molecule has 2 aromatic heterocycles. The Balaban J connectivity index is 1.72. The van der Waals surface area contributed by atoms with Gasteiger partial charge < -0.3 is 14.8 Å². The monoisotopic (exact) mass is 377 g/mol. The normalized spacial score (nSPS) is 11.4. The first kappa shape index (κ1) is 18.2. The van der Waals surface area contributed by atoms with Gasteiger partial charge in [0.15, 0.2) is 0 Å². The maximum absolute atomic E-state index is 6.07. The van der Waals surface area contributed by atoms with Gasteiger partial charge in [-0.15, -0.1) is 0 Å². The van der Waals surface area contributed by atoms with Gasteiger partial charge in [0.1, 0.15) is 17.9 Å². The molecule has 4 aromatic rings. The van der Waals surface area contributed by atoms with Gasteiger partial charge in [-0.25, -0.2) is 4.98 Å². The van der Waals surface area contributed by atoms with Crippen LogP contribution in [0.3, 0.4) is 0 Å². The highest BCUT2D eigenvalue weighted by molar-refractivity contribution is 5.88. The Bertz CT molecular complexity index is 1110. The zero-order chi connectivity index (χ0) is 19.5. The zero-order valence-electron chi connectivity index (χ0n) is 16.2. The first-order valence-corrected chi connectivity index (χ1v) is 9.25. The molecule has 0 aliphatic rings. The van der Waals surface area contributed by atoms with Crippen LogP contribution in [-0.4, -0.2) is 32.8 Å². The first-order valence-electron chi connectivity index (χ1n) is 9.25. The average Bonchev–Trinajstić information content (AvgIpc) is 3.15. The molecule has 1 N–H and O–H groups in total. The van der Waals surface area contributed by atoms with Crippen molar-refractivity contribution in [3.05, 3.63) is 60.0 Å². The molecule has 0 aliphatic carbocycles. The Morgan fingerprint density at radius 3 is 2.82 bits per heavy atom. The summed E-state index contributed by atoms with van der Waals surface area (Å²) in [5.41, 5.74) is 1.90. The van der Waals surface area contributed by atoms with Crippen LogP contribution >= 0.6 is 0 Å². The van der Waals surface area contributed by atoms with Crippen LogP contribution in [-0.2, 0) is 17.9 Å². The lowest BCUT2D eigenvalue weighted by Gasteiger charge is -2.18. The van der Waals surface area contributed by atoms with E-state index in [1.165, 1.54) is 11.7 Å². The SMILES string of the molecule is COCc1cc(NCc2c(OC(C)C)ccc3ccccc23)n2ncnc2n1. The summed E-state index contributed by atoms with van der Waals surface area (Å²) in [7, 11) is 1.65. The minimum absolute atomic E-state index is 0.0937. The summed E-state index contributed by atoms with van der Waals surface area (Å²) in [4.78, 5) is 8.65. The van der Waals surface area contributed by atoms with Gasteiger partial charge in [0, 0.05) is 25.3 Å². The Kier molecular flexibility index (Phi) is 5.08. The van der Waals surface area contributed by atoms with E-state index in [1.807, 2.05) is 38.1 Å². The second kappa shape index (κ2) is 7.82. The van der Waals surface area contributed by atoms with Crippen LogP contribution in [0, 0.1) is 0 Å². The van der Waals surface area contributed by atoms with E-state index in [9.17, 15) is 0 Å². The number of ether oxygens (including phenoxy) is 2. The molecule has 28 heavy (non-hydrogen) atoms. The minimum Gasteiger partial charge on any atom is -0.491 e. The van der Waals surface area contributed by atoms with Crippen LogP contribution in [0.2, 0.25) is 0 Å². The van der Waals surface area contributed by atoms with Gasteiger partial charge in [-0.05, 0) is 30.7 Å². The molecule has 0 spiro atoms. The van der Waals surface area contributed by atoms with E-state index in [1.54, 1.807) is 11.6 Å². The summed E-state index contributed by atoms with van der Waals surface area (Å²) in [5, 5.41) is 10.1. The number of rotatable bonds is 7. The van der Waals surface area contributed by atoms with E-state index < -0.39 is 0 Å². The van der Waals surface area contributed by atoms with Crippen molar-refractivity contribution in [1.82, 2.24) is 19.6 Å². The fraction of sp³-hybridized carbons (Fsp3) is 0.286. The van der Waals surface area contributed by atoms with Crippen molar-refractivity contribution in [1.29, 1.82) is 0 Å². The highest BCUT2D eigenvalue weighted by Gasteiger charge is 2.13. The molecule has 0 bridgehead atoms. The van der Waals surface area contributed by atoms with Gasteiger partial charge in [-0.2, -0.15) is 14.6 Å². The molecule has 2 heterocycles. The highest BCUT2D eigenvalue weighted by Crippen LogP contribution is 2.30. The molecule has 0 saturated carbocycles. The molecule has 0 amide bonds. The van der Waals surface area contributed by atoms with Crippen LogP contribution < -0.4 is 10.1 Å². The Hall–Kier alpha value is -3.19. The number of methoxy groups -OCH3 is 1. The van der Waals surface area contributed by atoms with Crippen molar-refractivity contribution in [3.8, 4) is 5.75 Å². The summed E-state index contributed by atoms with van der Waals surface area (Å²) in [6, 6.07) is 14.4. The molecule has 4 rings (SSSR count). The maximum atomic E-state index is 6.07. The lowest BCUT2D eigenvalue weighted by atomic mass is 10.0. The molecule has 7 heteroatoms. The lowest BCUT2D eigenvalue weighted by Crippen LogP contribution is -2.12. The Labute approximate surface area is 163 Å². The van der Waals surface area contributed by atoms with Gasteiger partial charge in [-0.3, -0.25) is 0 Å². The first-order chi connectivity index (χ1) is 13.7. The number of benzene rings is 2. The predicted octanol–water partition coefficient (Wildman–Crippen LogP) is 3.82. The fourth-order valence-electron chi connectivity index (χ4n) is 3.25. The number of anilines is 1. The fourth-order valence-corrected chi connectivity index (χ4v) is 3.25. The quantitative estimate of drug-likeness (QED) is 0.528. The van der Waals surface area contributed by atoms with Gasteiger partial charge in [-0.1, -0.05) is 30.3 Å².